The molecule has 1 aliphatic heterocycles. The lowest BCUT2D eigenvalue weighted by Crippen LogP contribution is -2.35. The maximum absolute atomic E-state index is 11.7. The Hall–Kier alpha value is -0.770. The molecule has 0 aliphatic carbocycles. The lowest BCUT2D eigenvalue weighted by atomic mass is 9.82. The molecule has 1 saturated heterocycles. The molecule has 1 N–H and O–H groups in total. The van der Waals surface area contributed by atoms with E-state index in [-0.39, 0.29) is 6.04 Å². The number of carboxylic acids is 1. The van der Waals surface area contributed by atoms with Crippen molar-refractivity contribution in [2.45, 2.75) is 39.2 Å². The largest absolute Gasteiger partial charge is 0.481 e. The molecular formula is C16H21Cl2NO2. The van der Waals surface area contributed by atoms with E-state index in [1.54, 1.807) is 6.07 Å². The van der Waals surface area contributed by atoms with Crippen LogP contribution in [0.5, 0.6) is 0 Å². The van der Waals surface area contributed by atoms with Crippen molar-refractivity contribution in [1.82, 2.24) is 4.90 Å². The molecule has 2 rings (SSSR count). The monoisotopic (exact) mass is 329 g/mol. The van der Waals surface area contributed by atoms with Crippen molar-refractivity contribution >= 4 is 29.2 Å². The van der Waals surface area contributed by atoms with Crippen LogP contribution in [-0.4, -0.2) is 29.1 Å². The number of nitrogens with zero attached hydrogens (tertiary/aromatic N) is 1. The van der Waals surface area contributed by atoms with Crippen LogP contribution in [0.2, 0.25) is 10.0 Å². The van der Waals surface area contributed by atoms with Crippen molar-refractivity contribution in [2.75, 3.05) is 13.1 Å². The first kappa shape index (κ1) is 16.6. The van der Waals surface area contributed by atoms with Gasteiger partial charge in [0.25, 0.3) is 0 Å². The quantitative estimate of drug-likeness (QED) is 0.856. The van der Waals surface area contributed by atoms with Gasteiger partial charge < -0.3 is 5.11 Å². The van der Waals surface area contributed by atoms with Gasteiger partial charge in [-0.2, -0.15) is 0 Å². The van der Waals surface area contributed by atoms with Crippen molar-refractivity contribution in [1.29, 1.82) is 0 Å². The summed E-state index contributed by atoms with van der Waals surface area (Å²) < 4.78 is 0. The molecule has 0 saturated carbocycles. The average Bonchev–Trinajstić information content (AvgIpc) is 2.87. The van der Waals surface area contributed by atoms with Gasteiger partial charge in [0, 0.05) is 12.6 Å². The third-order valence-corrected chi connectivity index (χ3v) is 5.28. The van der Waals surface area contributed by atoms with Crippen molar-refractivity contribution in [3.05, 3.63) is 33.8 Å². The third-order valence-electron chi connectivity index (χ3n) is 4.54. The Morgan fingerprint density at radius 1 is 1.43 bits per heavy atom. The van der Waals surface area contributed by atoms with Crippen molar-refractivity contribution in [3.63, 3.8) is 0 Å². The standard InChI is InChI=1S/C16H21Cl2NO2/c1-3-6-16(15(20)21)7-8-19(10-16)11(2)12-4-5-13(17)14(18)9-12/h4-5,9,11H,3,6-8,10H2,1-2H3,(H,20,21). The molecule has 0 aromatic heterocycles. The maximum Gasteiger partial charge on any atom is 0.310 e. The Morgan fingerprint density at radius 3 is 2.71 bits per heavy atom. The van der Waals surface area contributed by atoms with E-state index >= 15 is 0 Å². The molecular weight excluding hydrogens is 309 g/mol. The first-order valence-electron chi connectivity index (χ1n) is 7.32. The fraction of sp³-hybridized carbons (Fsp3) is 0.562. The number of benzene rings is 1. The second-order valence-electron chi connectivity index (χ2n) is 5.91. The van der Waals surface area contributed by atoms with Crippen LogP contribution >= 0.6 is 23.2 Å². The molecule has 1 heterocycles. The Bertz CT molecular complexity index is 535. The van der Waals surface area contributed by atoms with Crippen LogP contribution in [0.4, 0.5) is 0 Å². The van der Waals surface area contributed by atoms with Crippen LogP contribution in [0.15, 0.2) is 18.2 Å². The van der Waals surface area contributed by atoms with Gasteiger partial charge in [-0.05, 0) is 44.0 Å². The minimum Gasteiger partial charge on any atom is -0.481 e. The second kappa shape index (κ2) is 6.55. The summed E-state index contributed by atoms with van der Waals surface area (Å²) in [4.78, 5) is 13.9. The lowest BCUT2D eigenvalue weighted by Gasteiger charge is -2.28. The molecule has 3 nitrogen and oxygen atoms in total. The molecule has 0 amide bonds. The van der Waals surface area contributed by atoms with E-state index in [4.69, 9.17) is 23.2 Å². The summed E-state index contributed by atoms with van der Waals surface area (Å²) >= 11 is 12.0. The molecule has 1 aromatic carbocycles. The minimum absolute atomic E-state index is 0.137. The third kappa shape index (κ3) is 3.36. The Labute approximate surface area is 135 Å². The second-order valence-corrected chi connectivity index (χ2v) is 6.72. The van der Waals surface area contributed by atoms with E-state index in [9.17, 15) is 9.90 Å². The van der Waals surface area contributed by atoms with Gasteiger partial charge >= 0.3 is 5.97 Å². The highest BCUT2D eigenvalue weighted by atomic mass is 35.5. The van der Waals surface area contributed by atoms with E-state index in [2.05, 4.69) is 11.8 Å². The predicted molar refractivity (Wildman–Crippen MR) is 86.0 cm³/mol. The highest BCUT2D eigenvalue weighted by Gasteiger charge is 2.45. The summed E-state index contributed by atoms with van der Waals surface area (Å²) in [5.74, 6) is -0.673. The molecule has 0 bridgehead atoms. The topological polar surface area (TPSA) is 40.5 Å². The van der Waals surface area contributed by atoms with Gasteiger partial charge in [-0.15, -0.1) is 0 Å². The Balaban J connectivity index is 2.16. The molecule has 1 aliphatic rings. The maximum atomic E-state index is 11.7. The van der Waals surface area contributed by atoms with E-state index in [1.807, 2.05) is 19.1 Å². The number of carboxylic acid groups (broad SMARTS) is 1. The highest BCUT2D eigenvalue weighted by molar-refractivity contribution is 6.42. The lowest BCUT2D eigenvalue weighted by molar-refractivity contribution is -0.148. The minimum atomic E-state index is -0.673. The van der Waals surface area contributed by atoms with Gasteiger partial charge in [0.05, 0.1) is 15.5 Å². The summed E-state index contributed by atoms with van der Waals surface area (Å²) in [6.07, 6.45) is 2.33. The van der Waals surface area contributed by atoms with Gasteiger partial charge in [0.2, 0.25) is 0 Å². The molecule has 0 spiro atoms. The summed E-state index contributed by atoms with van der Waals surface area (Å²) in [5.41, 5.74) is 0.473. The first-order chi connectivity index (χ1) is 9.89. The molecule has 2 atom stereocenters. The first-order valence-corrected chi connectivity index (χ1v) is 8.07. The van der Waals surface area contributed by atoms with Gasteiger partial charge in [0.15, 0.2) is 0 Å². The van der Waals surface area contributed by atoms with Gasteiger partial charge in [0.1, 0.15) is 0 Å². The summed E-state index contributed by atoms with van der Waals surface area (Å²) in [5, 5.41) is 10.7. The van der Waals surface area contributed by atoms with E-state index in [0.717, 1.165) is 24.9 Å². The van der Waals surface area contributed by atoms with Crippen molar-refractivity contribution in [3.8, 4) is 0 Å². The number of hydrogen-bond donors (Lipinski definition) is 1. The van der Waals surface area contributed by atoms with Crippen molar-refractivity contribution < 1.29 is 9.90 Å². The summed E-state index contributed by atoms with van der Waals surface area (Å²) in [6.45, 7) is 5.52. The molecule has 1 aromatic rings. The zero-order chi connectivity index (χ0) is 15.6. The van der Waals surface area contributed by atoms with E-state index in [1.165, 1.54) is 0 Å². The molecule has 2 unspecified atom stereocenters. The zero-order valence-corrected chi connectivity index (χ0v) is 13.9. The Morgan fingerprint density at radius 2 is 2.14 bits per heavy atom. The fourth-order valence-corrected chi connectivity index (χ4v) is 3.49. The van der Waals surface area contributed by atoms with Crippen LogP contribution in [0.3, 0.4) is 0 Å². The van der Waals surface area contributed by atoms with Crippen molar-refractivity contribution in [2.24, 2.45) is 5.41 Å². The SMILES string of the molecule is CCCC1(C(=O)O)CCN(C(C)c2ccc(Cl)c(Cl)c2)C1. The number of likely N-dealkylation sites (tertiary alicyclic amines) is 1. The Kier molecular flexibility index (Phi) is 5.18. The molecule has 0 radical (unpaired) electrons. The molecule has 21 heavy (non-hydrogen) atoms. The molecule has 5 heteroatoms. The predicted octanol–water partition coefficient (Wildman–Crippen LogP) is 4.63. The zero-order valence-electron chi connectivity index (χ0n) is 12.4. The number of halogens is 2. The van der Waals surface area contributed by atoms with Gasteiger partial charge in [-0.25, -0.2) is 0 Å². The number of rotatable bonds is 5. The van der Waals surface area contributed by atoms with Crippen LogP contribution in [0.1, 0.15) is 44.7 Å². The van der Waals surface area contributed by atoms with E-state index < -0.39 is 11.4 Å². The molecule has 1 fully saturated rings. The van der Waals surface area contributed by atoms with E-state index in [0.29, 0.717) is 23.0 Å². The highest BCUT2D eigenvalue weighted by Crippen LogP contribution is 2.39. The van der Waals surface area contributed by atoms with Gasteiger partial charge in [-0.1, -0.05) is 42.6 Å². The fourth-order valence-electron chi connectivity index (χ4n) is 3.18. The average molecular weight is 330 g/mol. The van der Waals surface area contributed by atoms with Crippen LogP contribution < -0.4 is 0 Å². The smallest absolute Gasteiger partial charge is 0.310 e. The summed E-state index contributed by atoms with van der Waals surface area (Å²) in [7, 11) is 0. The summed E-state index contributed by atoms with van der Waals surface area (Å²) in [6, 6.07) is 5.76. The number of hydrogen-bond acceptors (Lipinski definition) is 2. The van der Waals surface area contributed by atoms with Gasteiger partial charge in [-0.3, -0.25) is 9.69 Å². The number of carbonyl (C=O) groups is 1. The molecule has 116 valence electrons. The number of aliphatic carboxylic acids is 1. The van der Waals surface area contributed by atoms with Crippen LogP contribution in [-0.2, 0) is 4.79 Å². The van der Waals surface area contributed by atoms with Crippen LogP contribution in [0, 0.1) is 5.41 Å². The van der Waals surface area contributed by atoms with Crippen LogP contribution in [0.25, 0.3) is 0 Å². The normalized spacial score (nSPS) is 24.2.